The first-order valence-corrected chi connectivity index (χ1v) is 9.07. The van der Waals surface area contributed by atoms with Crippen LogP contribution in [0.25, 0.3) is 5.65 Å². The summed E-state index contributed by atoms with van der Waals surface area (Å²) in [5.74, 6) is 2.46. The van der Waals surface area contributed by atoms with Gasteiger partial charge in [0.1, 0.15) is 25.2 Å². The first kappa shape index (κ1) is 12.5. The zero-order valence-electron chi connectivity index (χ0n) is 10.5. The summed E-state index contributed by atoms with van der Waals surface area (Å²) in [4.78, 5) is 16.0. The van der Waals surface area contributed by atoms with Crippen LogP contribution in [-0.4, -0.2) is 17.5 Å². The third kappa shape index (κ3) is 2.84. The molecule has 0 aliphatic carbocycles. The van der Waals surface area contributed by atoms with E-state index in [-0.39, 0.29) is 5.56 Å². The van der Waals surface area contributed by atoms with Crippen LogP contribution in [0.4, 0.5) is 4.39 Å². The van der Waals surface area contributed by atoms with Gasteiger partial charge in [-0.25, -0.2) is 9.37 Å². The minimum Gasteiger partial charge on any atom is -0.269 e. The summed E-state index contributed by atoms with van der Waals surface area (Å²) in [6.45, 7) is 6.34. The van der Waals surface area contributed by atoms with Crippen molar-refractivity contribution in [3.63, 3.8) is 0 Å². The number of hydrogen-bond donors (Lipinski definition) is 0. The molecule has 0 fully saturated rings. The molecule has 0 radical (unpaired) electrons. The predicted octanol–water partition coefficient (Wildman–Crippen LogP) is 2.06. The van der Waals surface area contributed by atoms with Gasteiger partial charge in [-0.2, -0.15) is 0 Å². The van der Waals surface area contributed by atoms with Gasteiger partial charge in [0, 0.05) is 12.3 Å². The standard InChI is InChI=1S/C13H13FN2OSi/c1-18(2,3)7-6-11-8-13(17)16-9-10(14)4-5-12(16)15-11/h4-5,8-9H,1-3H3. The maximum atomic E-state index is 13.0. The van der Waals surface area contributed by atoms with E-state index in [2.05, 4.69) is 36.1 Å². The Hall–Kier alpha value is -1.93. The summed E-state index contributed by atoms with van der Waals surface area (Å²) >= 11 is 0. The molecule has 5 heteroatoms. The molecule has 2 aromatic heterocycles. The van der Waals surface area contributed by atoms with Crippen LogP contribution >= 0.6 is 0 Å². The van der Waals surface area contributed by atoms with Crippen molar-refractivity contribution in [2.45, 2.75) is 19.6 Å². The average molecular weight is 260 g/mol. The molecule has 2 rings (SSSR count). The van der Waals surface area contributed by atoms with Crippen LogP contribution < -0.4 is 5.56 Å². The summed E-state index contributed by atoms with van der Waals surface area (Å²) < 4.78 is 14.2. The van der Waals surface area contributed by atoms with Gasteiger partial charge in [-0.1, -0.05) is 25.6 Å². The number of rotatable bonds is 0. The van der Waals surface area contributed by atoms with Crippen molar-refractivity contribution in [3.05, 3.63) is 46.3 Å². The minimum absolute atomic E-state index is 0.320. The minimum atomic E-state index is -1.50. The van der Waals surface area contributed by atoms with Crippen molar-refractivity contribution in [2.75, 3.05) is 0 Å². The third-order valence-corrected chi connectivity index (χ3v) is 3.06. The Bertz CT molecular complexity index is 720. The largest absolute Gasteiger partial charge is 0.269 e. The molecular formula is C13H13FN2OSi. The second kappa shape index (κ2) is 4.39. The molecule has 0 atom stereocenters. The second-order valence-electron chi connectivity index (χ2n) is 5.06. The van der Waals surface area contributed by atoms with Gasteiger partial charge in [-0.05, 0) is 12.1 Å². The Morgan fingerprint density at radius 3 is 2.72 bits per heavy atom. The lowest BCUT2D eigenvalue weighted by molar-refractivity contribution is 0.617. The smallest absolute Gasteiger partial charge is 0.259 e. The summed E-state index contributed by atoms with van der Waals surface area (Å²) in [7, 11) is -1.50. The summed E-state index contributed by atoms with van der Waals surface area (Å²) in [6.07, 6.45) is 1.13. The van der Waals surface area contributed by atoms with Crippen LogP contribution in [0.15, 0.2) is 29.2 Å². The summed E-state index contributed by atoms with van der Waals surface area (Å²) in [5.41, 5.74) is 3.67. The van der Waals surface area contributed by atoms with Crippen molar-refractivity contribution >= 4 is 13.7 Å². The number of fused-ring (bicyclic) bond motifs is 1. The van der Waals surface area contributed by atoms with Crippen LogP contribution in [0, 0.1) is 17.3 Å². The van der Waals surface area contributed by atoms with Gasteiger partial charge in [0.25, 0.3) is 5.56 Å². The number of aromatic nitrogens is 2. The zero-order valence-corrected chi connectivity index (χ0v) is 11.5. The highest BCUT2D eigenvalue weighted by molar-refractivity contribution is 6.83. The third-order valence-electron chi connectivity index (χ3n) is 2.19. The lowest BCUT2D eigenvalue weighted by Gasteiger charge is -2.03. The van der Waals surface area contributed by atoms with Crippen molar-refractivity contribution in [1.29, 1.82) is 0 Å². The molecule has 3 nitrogen and oxygen atoms in total. The van der Waals surface area contributed by atoms with E-state index < -0.39 is 13.9 Å². The van der Waals surface area contributed by atoms with E-state index in [4.69, 9.17) is 0 Å². The van der Waals surface area contributed by atoms with E-state index in [1.54, 1.807) is 0 Å². The number of pyridine rings is 1. The highest BCUT2D eigenvalue weighted by atomic mass is 28.3. The summed E-state index contributed by atoms with van der Waals surface area (Å²) in [5, 5.41) is 0. The molecule has 0 bridgehead atoms. The molecule has 0 N–H and O–H groups in total. The molecule has 92 valence electrons. The van der Waals surface area contributed by atoms with Crippen LogP contribution in [0.2, 0.25) is 19.6 Å². The van der Waals surface area contributed by atoms with Gasteiger partial charge in [-0.15, -0.1) is 5.54 Å². The Morgan fingerprint density at radius 1 is 1.33 bits per heavy atom. The molecule has 0 aromatic carbocycles. The van der Waals surface area contributed by atoms with E-state index in [1.807, 2.05) is 0 Å². The molecule has 0 amide bonds. The Balaban J connectivity index is 2.59. The highest BCUT2D eigenvalue weighted by Crippen LogP contribution is 2.02. The van der Waals surface area contributed by atoms with E-state index in [0.717, 1.165) is 6.20 Å². The molecule has 2 aromatic rings. The van der Waals surface area contributed by atoms with E-state index in [9.17, 15) is 9.18 Å². The van der Waals surface area contributed by atoms with Gasteiger partial charge in [0.05, 0.1) is 0 Å². The van der Waals surface area contributed by atoms with Gasteiger partial charge < -0.3 is 0 Å². The van der Waals surface area contributed by atoms with E-state index in [1.165, 1.54) is 22.6 Å². The maximum Gasteiger partial charge on any atom is 0.259 e. The van der Waals surface area contributed by atoms with Gasteiger partial charge >= 0.3 is 0 Å². The van der Waals surface area contributed by atoms with Crippen LogP contribution in [0.3, 0.4) is 0 Å². The van der Waals surface area contributed by atoms with E-state index in [0.29, 0.717) is 11.3 Å². The fourth-order valence-corrected chi connectivity index (χ4v) is 1.90. The van der Waals surface area contributed by atoms with Crippen molar-refractivity contribution in [3.8, 4) is 11.5 Å². The lowest BCUT2D eigenvalue weighted by atomic mass is 10.4. The molecule has 0 unspecified atom stereocenters. The normalized spacial score (nSPS) is 11.1. The average Bonchev–Trinajstić information content (AvgIpc) is 2.26. The molecular weight excluding hydrogens is 247 g/mol. The van der Waals surface area contributed by atoms with Gasteiger partial charge in [0.2, 0.25) is 0 Å². The quantitative estimate of drug-likeness (QED) is 0.537. The van der Waals surface area contributed by atoms with Crippen LogP contribution in [0.1, 0.15) is 5.69 Å². The van der Waals surface area contributed by atoms with Crippen LogP contribution in [0.5, 0.6) is 0 Å². The highest BCUT2D eigenvalue weighted by Gasteiger charge is 2.08. The molecule has 0 aliphatic heterocycles. The fraction of sp³-hybridized carbons (Fsp3) is 0.231. The van der Waals surface area contributed by atoms with Gasteiger partial charge in [0.15, 0.2) is 0 Å². The molecule has 0 saturated carbocycles. The lowest BCUT2D eigenvalue weighted by Crippen LogP contribution is -2.17. The Morgan fingerprint density at radius 2 is 2.06 bits per heavy atom. The number of halogens is 1. The molecule has 18 heavy (non-hydrogen) atoms. The maximum absolute atomic E-state index is 13.0. The fourth-order valence-electron chi connectivity index (χ4n) is 1.39. The van der Waals surface area contributed by atoms with Gasteiger partial charge in [-0.3, -0.25) is 9.20 Å². The number of nitrogens with zero attached hydrogens (tertiary/aromatic N) is 2. The molecule has 2 heterocycles. The zero-order chi connectivity index (χ0) is 13.3. The Labute approximate surface area is 105 Å². The first-order valence-electron chi connectivity index (χ1n) is 5.57. The Kier molecular flexibility index (Phi) is 3.05. The van der Waals surface area contributed by atoms with Crippen molar-refractivity contribution in [2.24, 2.45) is 0 Å². The van der Waals surface area contributed by atoms with Crippen LogP contribution in [-0.2, 0) is 0 Å². The predicted molar refractivity (Wildman–Crippen MR) is 71.6 cm³/mol. The van der Waals surface area contributed by atoms with Crippen molar-refractivity contribution in [1.82, 2.24) is 9.38 Å². The SMILES string of the molecule is C[Si](C)(C)C#Cc1cc(=O)n2cc(F)ccc2n1. The molecule has 0 saturated heterocycles. The second-order valence-corrected chi connectivity index (χ2v) is 9.81. The van der Waals surface area contributed by atoms with Crippen molar-refractivity contribution < 1.29 is 4.39 Å². The summed E-state index contributed by atoms with van der Waals surface area (Å²) in [6, 6.07) is 4.08. The molecule has 0 spiro atoms. The number of hydrogen-bond acceptors (Lipinski definition) is 2. The monoisotopic (exact) mass is 260 g/mol. The topological polar surface area (TPSA) is 34.4 Å². The first-order chi connectivity index (χ1) is 8.35. The van der Waals surface area contributed by atoms with E-state index >= 15 is 0 Å². The molecule has 0 aliphatic rings.